The minimum Gasteiger partial charge on any atom is -0.298 e. The molecule has 7 heteroatoms. The molecule has 2 rings (SSSR count). The first-order valence-electron chi connectivity index (χ1n) is 5.26. The summed E-state index contributed by atoms with van der Waals surface area (Å²) in [5.74, 6) is 0. The average molecular weight is 289 g/mol. The van der Waals surface area contributed by atoms with E-state index in [-0.39, 0.29) is 17.4 Å². The zero-order valence-electron chi connectivity index (χ0n) is 9.49. The molecule has 0 saturated carbocycles. The van der Waals surface area contributed by atoms with E-state index in [2.05, 4.69) is 4.98 Å². The molecule has 100 valence electrons. The van der Waals surface area contributed by atoms with Crippen molar-refractivity contribution >= 4 is 11.6 Å². The van der Waals surface area contributed by atoms with Gasteiger partial charge in [-0.05, 0) is 18.2 Å². The first-order chi connectivity index (χ1) is 8.88. The van der Waals surface area contributed by atoms with Crippen LogP contribution in [0.4, 0.5) is 13.2 Å². The number of halogens is 4. The smallest absolute Gasteiger partial charge is 0.298 e. The summed E-state index contributed by atoms with van der Waals surface area (Å²) in [6, 6.07) is 7.57. The van der Waals surface area contributed by atoms with Gasteiger partial charge in [0.2, 0.25) is 0 Å². The maximum atomic E-state index is 12.8. The third kappa shape index (κ3) is 3.14. The first-order valence-corrected chi connectivity index (χ1v) is 5.64. The zero-order chi connectivity index (χ0) is 14.0. The second kappa shape index (κ2) is 5.05. The van der Waals surface area contributed by atoms with E-state index >= 15 is 0 Å². The Kier molecular flexibility index (Phi) is 3.61. The molecule has 0 aliphatic heterocycles. The Balaban J connectivity index is 2.48. The molecule has 0 amide bonds. The molecule has 2 aromatic heterocycles. The molecule has 2 aromatic rings. The van der Waals surface area contributed by atoms with E-state index in [0.717, 1.165) is 18.2 Å². The van der Waals surface area contributed by atoms with E-state index in [0.29, 0.717) is 4.57 Å². The fourth-order valence-corrected chi connectivity index (χ4v) is 1.81. The van der Waals surface area contributed by atoms with Gasteiger partial charge in [-0.1, -0.05) is 23.7 Å². The second-order valence-corrected chi connectivity index (χ2v) is 4.17. The van der Waals surface area contributed by atoms with Gasteiger partial charge in [0.1, 0.15) is 10.8 Å². The molecule has 0 aliphatic carbocycles. The van der Waals surface area contributed by atoms with Crippen molar-refractivity contribution in [3.05, 3.63) is 63.3 Å². The van der Waals surface area contributed by atoms with Crippen LogP contribution in [0.1, 0.15) is 11.4 Å². The Hall–Kier alpha value is -1.82. The summed E-state index contributed by atoms with van der Waals surface area (Å²) in [6.07, 6.45) is -4.60. The Labute approximate surface area is 111 Å². The molecule has 3 nitrogen and oxygen atoms in total. The van der Waals surface area contributed by atoms with Gasteiger partial charge in [-0.2, -0.15) is 13.2 Å². The van der Waals surface area contributed by atoms with E-state index in [4.69, 9.17) is 11.6 Å². The fraction of sp³-hybridized carbons (Fsp3) is 0.167. The molecule has 0 aromatic carbocycles. The Morgan fingerprint density at radius 3 is 2.47 bits per heavy atom. The number of pyridine rings is 2. The summed E-state index contributed by atoms with van der Waals surface area (Å²) in [5, 5.41) is 0.162. The van der Waals surface area contributed by atoms with Crippen LogP contribution in [0.3, 0.4) is 0 Å². The normalized spacial score (nSPS) is 11.6. The molecule has 0 spiro atoms. The monoisotopic (exact) mass is 288 g/mol. The van der Waals surface area contributed by atoms with Crippen molar-refractivity contribution in [3.8, 4) is 0 Å². The van der Waals surface area contributed by atoms with Crippen LogP contribution in [0.15, 0.2) is 41.2 Å². The number of alkyl halides is 3. The highest BCUT2D eigenvalue weighted by Crippen LogP contribution is 2.28. The lowest BCUT2D eigenvalue weighted by Crippen LogP contribution is -2.27. The first kappa shape index (κ1) is 13.6. The lowest BCUT2D eigenvalue weighted by atomic mass is 10.3. The van der Waals surface area contributed by atoms with Crippen molar-refractivity contribution in [3.63, 3.8) is 0 Å². The van der Waals surface area contributed by atoms with Crippen LogP contribution in [0.2, 0.25) is 5.15 Å². The van der Waals surface area contributed by atoms with Gasteiger partial charge in [-0.3, -0.25) is 9.36 Å². The molecule has 0 atom stereocenters. The van der Waals surface area contributed by atoms with Gasteiger partial charge in [0.15, 0.2) is 0 Å². The summed E-state index contributed by atoms with van der Waals surface area (Å²) in [6.45, 7) is -0.283. The van der Waals surface area contributed by atoms with Gasteiger partial charge in [0.25, 0.3) is 5.56 Å². The van der Waals surface area contributed by atoms with Crippen molar-refractivity contribution in [2.24, 2.45) is 0 Å². The Morgan fingerprint density at radius 1 is 1.16 bits per heavy atom. The molecule has 19 heavy (non-hydrogen) atoms. The van der Waals surface area contributed by atoms with E-state index in [1.807, 2.05) is 0 Å². The fourth-order valence-electron chi connectivity index (χ4n) is 1.63. The van der Waals surface area contributed by atoms with E-state index in [1.165, 1.54) is 12.1 Å². The number of rotatable bonds is 2. The highest BCUT2D eigenvalue weighted by atomic mass is 35.5. The standard InChI is InChI=1S/C12H8ClF3N2O/c13-10-5-1-3-8(17-10)7-18-9(12(14,15)16)4-2-6-11(18)19/h1-6H,7H2. The molecule has 2 heterocycles. The van der Waals surface area contributed by atoms with Crippen LogP contribution >= 0.6 is 11.6 Å². The maximum absolute atomic E-state index is 12.8. The number of hydrogen-bond donors (Lipinski definition) is 0. The second-order valence-electron chi connectivity index (χ2n) is 3.78. The van der Waals surface area contributed by atoms with Gasteiger partial charge < -0.3 is 0 Å². The minimum absolute atomic E-state index is 0.162. The predicted molar refractivity (Wildman–Crippen MR) is 64.1 cm³/mol. The van der Waals surface area contributed by atoms with Crippen LogP contribution in [0.5, 0.6) is 0 Å². The molecular weight excluding hydrogens is 281 g/mol. The summed E-state index contributed by atoms with van der Waals surface area (Å²) in [5.41, 5.74) is -1.47. The lowest BCUT2D eigenvalue weighted by Gasteiger charge is -2.14. The van der Waals surface area contributed by atoms with Crippen molar-refractivity contribution in [1.29, 1.82) is 0 Å². The van der Waals surface area contributed by atoms with Crippen LogP contribution in [0.25, 0.3) is 0 Å². The third-order valence-corrected chi connectivity index (χ3v) is 2.64. The van der Waals surface area contributed by atoms with Gasteiger partial charge in [0, 0.05) is 6.07 Å². The van der Waals surface area contributed by atoms with Crippen molar-refractivity contribution in [1.82, 2.24) is 9.55 Å². The van der Waals surface area contributed by atoms with Crippen molar-refractivity contribution in [2.75, 3.05) is 0 Å². The molecule has 0 unspecified atom stereocenters. The zero-order valence-corrected chi connectivity index (χ0v) is 10.2. The summed E-state index contributed by atoms with van der Waals surface area (Å²) >= 11 is 5.66. The van der Waals surface area contributed by atoms with E-state index in [1.54, 1.807) is 6.07 Å². The number of nitrogens with zero attached hydrogens (tertiary/aromatic N) is 2. The largest absolute Gasteiger partial charge is 0.431 e. The maximum Gasteiger partial charge on any atom is 0.431 e. The van der Waals surface area contributed by atoms with Crippen LogP contribution in [-0.2, 0) is 12.7 Å². The topological polar surface area (TPSA) is 34.9 Å². The summed E-state index contributed by atoms with van der Waals surface area (Å²) < 4.78 is 39.0. The number of hydrogen-bond acceptors (Lipinski definition) is 2. The molecule has 0 saturated heterocycles. The lowest BCUT2D eigenvalue weighted by molar-refractivity contribution is -0.144. The van der Waals surface area contributed by atoms with Gasteiger partial charge >= 0.3 is 6.18 Å². The van der Waals surface area contributed by atoms with Crippen molar-refractivity contribution < 1.29 is 13.2 Å². The molecule has 0 aliphatic rings. The predicted octanol–water partition coefficient (Wildman–Crippen LogP) is 2.96. The molecular formula is C12H8ClF3N2O. The molecule has 0 fully saturated rings. The number of aromatic nitrogens is 2. The summed E-state index contributed by atoms with van der Waals surface area (Å²) in [7, 11) is 0. The van der Waals surface area contributed by atoms with E-state index in [9.17, 15) is 18.0 Å². The highest BCUT2D eigenvalue weighted by molar-refractivity contribution is 6.29. The molecule has 0 bridgehead atoms. The Morgan fingerprint density at radius 2 is 1.84 bits per heavy atom. The van der Waals surface area contributed by atoms with Crippen LogP contribution in [-0.4, -0.2) is 9.55 Å². The molecule has 0 radical (unpaired) electrons. The van der Waals surface area contributed by atoms with Gasteiger partial charge in [0.05, 0.1) is 12.2 Å². The van der Waals surface area contributed by atoms with Crippen LogP contribution < -0.4 is 5.56 Å². The quantitative estimate of drug-likeness (QED) is 0.796. The highest BCUT2D eigenvalue weighted by Gasteiger charge is 2.34. The van der Waals surface area contributed by atoms with Gasteiger partial charge in [-0.25, -0.2) is 4.98 Å². The third-order valence-electron chi connectivity index (χ3n) is 2.43. The molecule has 0 N–H and O–H groups in total. The van der Waals surface area contributed by atoms with Gasteiger partial charge in [-0.15, -0.1) is 0 Å². The SMILES string of the molecule is O=c1cccc(C(F)(F)F)n1Cc1cccc(Cl)n1. The average Bonchev–Trinajstić information content (AvgIpc) is 2.30. The Bertz CT molecular complexity index is 652. The summed E-state index contributed by atoms with van der Waals surface area (Å²) in [4.78, 5) is 15.4. The minimum atomic E-state index is -4.60. The van der Waals surface area contributed by atoms with Crippen molar-refractivity contribution in [2.45, 2.75) is 12.7 Å². The van der Waals surface area contributed by atoms with E-state index < -0.39 is 17.4 Å². The van der Waals surface area contributed by atoms with Crippen LogP contribution in [0, 0.1) is 0 Å².